The minimum absolute atomic E-state index is 0.0517. The lowest BCUT2D eigenvalue weighted by atomic mass is 10.0. The smallest absolute Gasteiger partial charge is 0.271 e. The number of benzene rings is 9. The standard InChI is InChI=1S/C59H37Br2N3O3S2/c1-3-9-33-19-25-52-46(27-33)55-56-44(31-48(61)59(55)68-52)41-15-4-5-16-50(41)62(56)37-14-7-12-34(26-37)10-6-11-35-18-22-43-53(28-35)69-58-47(60)32-45-42-23-20-38(64(65)66)30-51(42)63(57(45)54(43)58)49-17-8-13-36-29-39(67-2)21-24-40(36)49/h3-10,12-32H,11H2,1-2H3/b9-3+,10-6+. The van der Waals surface area contributed by atoms with Crippen molar-refractivity contribution in [2.45, 2.75) is 13.3 Å². The van der Waals surface area contributed by atoms with Crippen molar-refractivity contribution in [2.75, 3.05) is 7.11 Å². The summed E-state index contributed by atoms with van der Waals surface area (Å²) < 4.78 is 17.2. The van der Waals surface area contributed by atoms with E-state index < -0.39 is 0 Å². The molecule has 0 spiro atoms. The highest BCUT2D eigenvalue weighted by molar-refractivity contribution is 9.11. The molecule has 0 amide bonds. The molecule has 0 saturated carbocycles. The molecule has 332 valence electrons. The predicted molar refractivity (Wildman–Crippen MR) is 301 cm³/mol. The summed E-state index contributed by atoms with van der Waals surface area (Å²) in [4.78, 5) is 11.9. The number of para-hydroxylation sites is 1. The Morgan fingerprint density at radius 2 is 1.33 bits per heavy atom. The van der Waals surface area contributed by atoms with Crippen molar-refractivity contribution >= 4 is 167 Å². The number of nitrogens with zero attached hydrogens (tertiary/aromatic N) is 3. The number of aromatic nitrogens is 2. The zero-order valence-electron chi connectivity index (χ0n) is 37.1. The average molecular weight is 1060 g/mol. The van der Waals surface area contributed by atoms with Gasteiger partial charge >= 0.3 is 0 Å². The first-order valence-electron chi connectivity index (χ1n) is 22.6. The number of methoxy groups -OCH3 is 1. The number of nitro groups is 1. The van der Waals surface area contributed by atoms with Crippen LogP contribution in [0.25, 0.3) is 118 Å². The number of non-ortho nitro benzene ring substituents is 1. The average Bonchev–Trinajstić information content (AvgIpc) is 4.12. The van der Waals surface area contributed by atoms with E-state index in [2.05, 4.69) is 187 Å². The van der Waals surface area contributed by atoms with Gasteiger partial charge in [0.2, 0.25) is 0 Å². The minimum atomic E-state index is -0.317. The molecule has 0 bridgehead atoms. The molecule has 13 rings (SSSR count). The largest absolute Gasteiger partial charge is 0.497 e. The molecule has 6 nitrogen and oxygen atoms in total. The normalized spacial score (nSPS) is 12.4. The van der Waals surface area contributed by atoms with Gasteiger partial charge in [0, 0.05) is 84.6 Å². The molecular formula is C59H37Br2N3O3S2. The molecule has 13 aromatic rings. The maximum atomic E-state index is 12.2. The molecule has 0 N–H and O–H groups in total. The third-order valence-electron chi connectivity index (χ3n) is 13.5. The fraction of sp³-hybridized carbons (Fsp3) is 0.0508. The van der Waals surface area contributed by atoms with Crippen molar-refractivity contribution in [1.82, 2.24) is 9.13 Å². The van der Waals surface area contributed by atoms with E-state index in [1.165, 1.54) is 57.8 Å². The summed E-state index contributed by atoms with van der Waals surface area (Å²) in [6.07, 6.45) is 9.53. The summed E-state index contributed by atoms with van der Waals surface area (Å²) >= 11 is 11.6. The highest BCUT2D eigenvalue weighted by Gasteiger charge is 2.24. The maximum absolute atomic E-state index is 12.2. The number of fused-ring (bicyclic) bond motifs is 15. The second-order valence-electron chi connectivity index (χ2n) is 17.4. The number of allylic oxidation sites excluding steroid dienone is 2. The summed E-state index contributed by atoms with van der Waals surface area (Å²) in [5.74, 6) is 0.771. The highest BCUT2D eigenvalue weighted by atomic mass is 79.9. The Hall–Kier alpha value is -7.08. The Bertz CT molecular complexity index is 4420. The molecule has 0 aliphatic rings. The van der Waals surface area contributed by atoms with Gasteiger partial charge in [0.05, 0.1) is 49.2 Å². The van der Waals surface area contributed by atoms with Crippen LogP contribution < -0.4 is 4.74 Å². The first-order chi connectivity index (χ1) is 33.8. The van der Waals surface area contributed by atoms with E-state index in [1.54, 1.807) is 30.6 Å². The van der Waals surface area contributed by atoms with Gasteiger partial charge in [-0.05, 0) is 146 Å². The third-order valence-corrected chi connectivity index (χ3v) is 17.7. The van der Waals surface area contributed by atoms with Crippen molar-refractivity contribution in [3.8, 4) is 17.1 Å². The van der Waals surface area contributed by atoms with Crippen LogP contribution in [-0.2, 0) is 6.42 Å². The number of nitro benzene ring substituents is 1. The molecule has 0 fully saturated rings. The lowest BCUT2D eigenvalue weighted by Crippen LogP contribution is -1.97. The Labute approximate surface area is 420 Å². The van der Waals surface area contributed by atoms with Crippen LogP contribution in [0.5, 0.6) is 5.75 Å². The number of hydrogen-bond donors (Lipinski definition) is 0. The third kappa shape index (κ3) is 6.61. The number of halogens is 2. The molecule has 0 atom stereocenters. The fourth-order valence-corrected chi connectivity index (χ4v) is 14.1. The SMILES string of the molecule is C/C=C/c1ccc2sc3c(Br)cc4c5ccccc5n(-c5cccc(/C=C/Cc6ccc7c(c6)sc6c(Br)cc8c9ccc([N+](=O)[O-])cc9n(-c9cccc%10cc(OC)ccc9%10)c8c67)c5)c4c3c2c1. The van der Waals surface area contributed by atoms with Crippen molar-refractivity contribution in [3.05, 3.63) is 200 Å². The predicted octanol–water partition coefficient (Wildman–Crippen LogP) is 18.5. The Morgan fingerprint density at radius 1 is 0.609 bits per heavy atom. The number of ether oxygens (including phenoxy) is 1. The van der Waals surface area contributed by atoms with Crippen molar-refractivity contribution in [1.29, 1.82) is 0 Å². The van der Waals surface area contributed by atoms with E-state index >= 15 is 0 Å². The zero-order valence-corrected chi connectivity index (χ0v) is 41.9. The molecule has 10 heteroatoms. The van der Waals surface area contributed by atoms with E-state index in [4.69, 9.17) is 4.74 Å². The maximum Gasteiger partial charge on any atom is 0.271 e. The molecule has 0 saturated heterocycles. The van der Waals surface area contributed by atoms with Crippen LogP contribution in [0.3, 0.4) is 0 Å². The molecule has 4 aromatic heterocycles. The van der Waals surface area contributed by atoms with Gasteiger partial charge in [0.1, 0.15) is 5.75 Å². The lowest BCUT2D eigenvalue weighted by molar-refractivity contribution is -0.384. The molecule has 4 heterocycles. The Morgan fingerprint density at radius 3 is 2.14 bits per heavy atom. The van der Waals surface area contributed by atoms with E-state index in [0.717, 1.165) is 86.1 Å². The van der Waals surface area contributed by atoms with Gasteiger partial charge in [-0.3, -0.25) is 10.1 Å². The first kappa shape index (κ1) is 42.1. The minimum Gasteiger partial charge on any atom is -0.497 e. The van der Waals surface area contributed by atoms with E-state index in [0.29, 0.717) is 0 Å². The number of hydrogen-bond acceptors (Lipinski definition) is 5. The second kappa shape index (κ2) is 16.3. The van der Waals surface area contributed by atoms with Crippen molar-refractivity contribution < 1.29 is 9.66 Å². The summed E-state index contributed by atoms with van der Waals surface area (Å²) in [7, 11) is 1.67. The highest BCUT2D eigenvalue weighted by Crippen LogP contribution is 2.49. The zero-order chi connectivity index (χ0) is 46.7. The van der Waals surface area contributed by atoms with Crippen LogP contribution >= 0.6 is 54.5 Å². The lowest BCUT2D eigenvalue weighted by Gasteiger charge is -2.13. The summed E-state index contributed by atoms with van der Waals surface area (Å²) in [6, 6.07) is 53.2. The van der Waals surface area contributed by atoms with Gasteiger partial charge in [-0.1, -0.05) is 85.0 Å². The monoisotopic (exact) mass is 1060 g/mol. The number of rotatable bonds is 8. The molecule has 0 radical (unpaired) electrons. The van der Waals surface area contributed by atoms with E-state index in [1.807, 2.05) is 35.6 Å². The molecule has 0 unspecified atom stereocenters. The molecule has 69 heavy (non-hydrogen) atoms. The van der Waals surface area contributed by atoms with Crippen molar-refractivity contribution in [2.24, 2.45) is 0 Å². The van der Waals surface area contributed by atoms with Gasteiger partial charge in [0.25, 0.3) is 5.69 Å². The van der Waals surface area contributed by atoms with Gasteiger partial charge in [0.15, 0.2) is 0 Å². The summed E-state index contributed by atoms with van der Waals surface area (Å²) in [5.41, 5.74) is 9.86. The van der Waals surface area contributed by atoms with E-state index in [9.17, 15) is 10.1 Å². The Kier molecular flexibility index (Phi) is 9.92. The van der Waals surface area contributed by atoms with Gasteiger partial charge in [-0.25, -0.2) is 0 Å². The molecular weight excluding hydrogens is 1020 g/mol. The molecule has 9 aromatic carbocycles. The summed E-state index contributed by atoms with van der Waals surface area (Å²) in [5, 5.41) is 23.5. The second-order valence-corrected chi connectivity index (χ2v) is 21.2. The van der Waals surface area contributed by atoms with Crippen molar-refractivity contribution in [3.63, 3.8) is 0 Å². The van der Waals surface area contributed by atoms with E-state index in [-0.39, 0.29) is 10.6 Å². The first-order valence-corrected chi connectivity index (χ1v) is 25.8. The molecule has 0 aliphatic heterocycles. The van der Waals surface area contributed by atoms with Crippen LogP contribution in [-0.4, -0.2) is 21.2 Å². The van der Waals surface area contributed by atoms with Crippen LogP contribution in [0.2, 0.25) is 0 Å². The van der Waals surface area contributed by atoms with Crippen LogP contribution in [0.1, 0.15) is 23.6 Å². The van der Waals surface area contributed by atoms with Gasteiger partial charge in [-0.15, -0.1) is 22.7 Å². The Balaban J connectivity index is 0.915. The number of thiophene rings is 2. The summed E-state index contributed by atoms with van der Waals surface area (Å²) in [6.45, 7) is 2.07. The quantitative estimate of drug-likeness (QED) is 0.113. The van der Waals surface area contributed by atoms with Crippen LogP contribution in [0.4, 0.5) is 5.69 Å². The van der Waals surface area contributed by atoms with Gasteiger partial charge < -0.3 is 13.9 Å². The fourth-order valence-electron chi connectivity index (χ4n) is 10.5. The topological polar surface area (TPSA) is 62.2 Å². The van der Waals surface area contributed by atoms with Crippen LogP contribution in [0, 0.1) is 10.1 Å². The molecule has 0 aliphatic carbocycles. The van der Waals surface area contributed by atoms with Gasteiger partial charge in [-0.2, -0.15) is 0 Å². The van der Waals surface area contributed by atoms with Crippen LogP contribution in [0.15, 0.2) is 173 Å².